The number of rotatable bonds is 6. The van der Waals surface area contributed by atoms with Crippen molar-refractivity contribution in [2.45, 2.75) is 38.0 Å². The third kappa shape index (κ3) is 3.93. The molecular formula is C17H22O5. The fraction of sp³-hybridized carbons (Fsp3) is 0.471. The molecule has 5 nitrogen and oxygen atoms in total. The molecule has 0 saturated heterocycles. The lowest BCUT2D eigenvalue weighted by Crippen LogP contribution is -2.10. The van der Waals surface area contributed by atoms with E-state index >= 15 is 0 Å². The number of benzene rings is 1. The van der Waals surface area contributed by atoms with Crippen molar-refractivity contribution in [2.75, 3.05) is 14.2 Å². The van der Waals surface area contributed by atoms with Crippen LogP contribution in [-0.4, -0.2) is 25.3 Å². The van der Waals surface area contributed by atoms with E-state index in [0.717, 1.165) is 24.7 Å². The molecule has 5 heteroatoms. The molecule has 22 heavy (non-hydrogen) atoms. The van der Waals surface area contributed by atoms with Gasteiger partial charge in [0.2, 0.25) is 5.76 Å². The minimum atomic E-state index is -1.19. The second kappa shape index (κ2) is 7.73. The molecule has 0 unspecified atom stereocenters. The Kier molecular flexibility index (Phi) is 5.69. The fourth-order valence-electron chi connectivity index (χ4n) is 2.81. The van der Waals surface area contributed by atoms with Crippen molar-refractivity contribution in [1.82, 2.24) is 0 Å². The highest BCUT2D eigenvalue weighted by molar-refractivity contribution is 5.84. The molecular weight excluding hydrogens is 284 g/mol. The fourth-order valence-corrected chi connectivity index (χ4v) is 2.81. The molecule has 0 heterocycles. The number of hydrogen-bond donors (Lipinski definition) is 1. The first kappa shape index (κ1) is 16.2. The van der Waals surface area contributed by atoms with Crippen molar-refractivity contribution < 1.29 is 24.1 Å². The van der Waals surface area contributed by atoms with Crippen LogP contribution in [0.15, 0.2) is 30.2 Å². The van der Waals surface area contributed by atoms with E-state index < -0.39 is 5.97 Å². The third-order valence-electron chi connectivity index (χ3n) is 3.92. The van der Waals surface area contributed by atoms with Gasteiger partial charge in [0, 0.05) is 0 Å². The van der Waals surface area contributed by atoms with Gasteiger partial charge in [-0.15, -0.1) is 0 Å². The summed E-state index contributed by atoms with van der Waals surface area (Å²) in [4.78, 5) is 11.2. The first-order valence-corrected chi connectivity index (χ1v) is 7.47. The molecule has 1 fully saturated rings. The molecule has 120 valence electrons. The number of carboxylic acids is 1. The Bertz CT molecular complexity index is 544. The summed E-state index contributed by atoms with van der Waals surface area (Å²) in [6.07, 6.45) is 7.13. The van der Waals surface area contributed by atoms with Gasteiger partial charge in [0.05, 0.1) is 14.2 Å². The second-order valence-corrected chi connectivity index (χ2v) is 5.37. The summed E-state index contributed by atoms with van der Waals surface area (Å²) in [5.41, 5.74) is 1.16. The van der Waals surface area contributed by atoms with E-state index in [9.17, 15) is 4.79 Å². The van der Waals surface area contributed by atoms with Gasteiger partial charge >= 0.3 is 5.97 Å². The Morgan fingerprint density at radius 1 is 1.18 bits per heavy atom. The molecule has 0 radical (unpaired) electrons. The van der Waals surface area contributed by atoms with Crippen LogP contribution in [0.5, 0.6) is 11.5 Å². The Labute approximate surface area is 130 Å². The lowest BCUT2D eigenvalue weighted by molar-refractivity contribution is -0.135. The smallest absolute Gasteiger partial charge is 0.375 e. The summed E-state index contributed by atoms with van der Waals surface area (Å²) in [5, 5.41) is 9.13. The molecule has 0 aromatic heterocycles. The van der Waals surface area contributed by atoms with Crippen LogP contribution in [0.2, 0.25) is 0 Å². The molecule has 1 aromatic rings. The highest BCUT2D eigenvalue weighted by Crippen LogP contribution is 2.37. The van der Waals surface area contributed by atoms with Crippen LogP contribution in [0.3, 0.4) is 0 Å². The summed E-state index contributed by atoms with van der Waals surface area (Å²) in [5.74, 6) is -0.0608. The zero-order chi connectivity index (χ0) is 15.9. The van der Waals surface area contributed by atoms with E-state index in [4.69, 9.17) is 19.3 Å². The van der Waals surface area contributed by atoms with Gasteiger partial charge in [-0.1, -0.05) is 25.3 Å². The number of carbonyl (C=O) groups is 1. The van der Waals surface area contributed by atoms with Gasteiger partial charge in [-0.05, 0) is 36.5 Å². The topological polar surface area (TPSA) is 65.0 Å². The normalized spacial score (nSPS) is 16.2. The number of aliphatic carboxylic acids is 1. The second-order valence-electron chi connectivity index (χ2n) is 5.37. The number of methoxy groups -OCH3 is 2. The maximum absolute atomic E-state index is 11.2. The van der Waals surface area contributed by atoms with Crippen molar-refractivity contribution in [3.05, 3.63) is 35.8 Å². The maximum Gasteiger partial charge on any atom is 0.375 e. The Balaban J connectivity index is 2.27. The van der Waals surface area contributed by atoms with E-state index in [2.05, 4.69) is 0 Å². The van der Waals surface area contributed by atoms with Crippen LogP contribution < -0.4 is 9.47 Å². The first-order chi connectivity index (χ1) is 10.7. The zero-order valence-corrected chi connectivity index (χ0v) is 13.0. The summed E-state index contributed by atoms with van der Waals surface area (Å²) in [6.45, 7) is 0. The van der Waals surface area contributed by atoms with Crippen LogP contribution in [0.1, 0.15) is 43.6 Å². The van der Waals surface area contributed by atoms with Crippen LogP contribution in [-0.2, 0) is 9.53 Å². The van der Waals surface area contributed by atoms with Crippen LogP contribution >= 0.6 is 0 Å². The molecule has 0 atom stereocenters. The van der Waals surface area contributed by atoms with E-state index in [1.807, 2.05) is 18.2 Å². The SMILES string of the molecule is CO/C=C(\Oc1cc(C2CCCCC2)ccc1OC)C(=O)O. The minimum Gasteiger partial charge on any atom is -0.500 e. The highest BCUT2D eigenvalue weighted by atomic mass is 16.5. The molecule has 1 aromatic carbocycles. The zero-order valence-electron chi connectivity index (χ0n) is 13.0. The van der Waals surface area contributed by atoms with Gasteiger partial charge in [-0.25, -0.2) is 4.79 Å². The minimum absolute atomic E-state index is 0.276. The van der Waals surface area contributed by atoms with Crippen molar-refractivity contribution in [2.24, 2.45) is 0 Å². The Morgan fingerprint density at radius 2 is 1.91 bits per heavy atom. The molecule has 0 spiro atoms. The lowest BCUT2D eigenvalue weighted by atomic mass is 9.84. The van der Waals surface area contributed by atoms with Crippen LogP contribution in [0.4, 0.5) is 0 Å². The van der Waals surface area contributed by atoms with E-state index in [1.165, 1.54) is 33.5 Å². The van der Waals surface area contributed by atoms with Gasteiger partial charge in [-0.2, -0.15) is 0 Å². The van der Waals surface area contributed by atoms with E-state index in [0.29, 0.717) is 17.4 Å². The average molecular weight is 306 g/mol. The van der Waals surface area contributed by atoms with E-state index in [1.54, 1.807) is 0 Å². The average Bonchev–Trinajstić information content (AvgIpc) is 2.55. The van der Waals surface area contributed by atoms with Crippen molar-refractivity contribution in [3.8, 4) is 11.5 Å². The van der Waals surface area contributed by atoms with Gasteiger partial charge in [0.25, 0.3) is 0 Å². The van der Waals surface area contributed by atoms with Crippen LogP contribution in [0.25, 0.3) is 0 Å². The summed E-state index contributed by atoms with van der Waals surface area (Å²) in [6, 6.07) is 5.73. The molecule has 1 aliphatic rings. The number of carboxylic acid groups (broad SMARTS) is 1. The lowest BCUT2D eigenvalue weighted by Gasteiger charge is -2.23. The third-order valence-corrected chi connectivity index (χ3v) is 3.92. The Morgan fingerprint density at radius 3 is 2.50 bits per heavy atom. The number of hydrogen-bond acceptors (Lipinski definition) is 4. The Hall–Kier alpha value is -2.17. The van der Waals surface area contributed by atoms with Crippen molar-refractivity contribution in [3.63, 3.8) is 0 Å². The van der Waals surface area contributed by atoms with Gasteiger partial charge < -0.3 is 19.3 Å². The van der Waals surface area contributed by atoms with Gasteiger partial charge in [0.1, 0.15) is 6.26 Å². The standard InChI is InChI=1S/C17H22O5/c1-20-11-16(17(18)19)22-15-10-13(8-9-14(15)21-2)12-6-4-3-5-7-12/h8-12H,3-7H2,1-2H3,(H,18,19)/b16-11-. The molecule has 1 N–H and O–H groups in total. The highest BCUT2D eigenvalue weighted by Gasteiger charge is 2.19. The predicted octanol–water partition coefficient (Wildman–Crippen LogP) is 3.69. The largest absolute Gasteiger partial charge is 0.500 e. The molecule has 1 saturated carbocycles. The summed E-state index contributed by atoms with van der Waals surface area (Å²) < 4.78 is 15.5. The first-order valence-electron chi connectivity index (χ1n) is 7.47. The number of ether oxygens (including phenoxy) is 3. The molecule has 0 aliphatic heterocycles. The molecule has 1 aliphatic carbocycles. The molecule has 0 amide bonds. The van der Waals surface area contributed by atoms with Crippen molar-refractivity contribution in [1.29, 1.82) is 0 Å². The van der Waals surface area contributed by atoms with E-state index in [-0.39, 0.29) is 5.76 Å². The predicted molar refractivity (Wildman–Crippen MR) is 82.2 cm³/mol. The molecule has 2 rings (SSSR count). The molecule has 0 bridgehead atoms. The monoisotopic (exact) mass is 306 g/mol. The quantitative estimate of drug-likeness (QED) is 0.641. The van der Waals surface area contributed by atoms with Gasteiger partial charge in [-0.3, -0.25) is 0 Å². The van der Waals surface area contributed by atoms with Crippen molar-refractivity contribution >= 4 is 5.97 Å². The summed E-state index contributed by atoms with van der Waals surface area (Å²) >= 11 is 0. The van der Waals surface area contributed by atoms with Crippen LogP contribution in [0, 0.1) is 0 Å². The van der Waals surface area contributed by atoms with Gasteiger partial charge in [0.15, 0.2) is 11.5 Å². The summed E-state index contributed by atoms with van der Waals surface area (Å²) in [7, 11) is 2.91. The maximum atomic E-state index is 11.2.